The largest absolute Gasteiger partial charge is 0.490 e. The summed E-state index contributed by atoms with van der Waals surface area (Å²) in [5, 5.41) is 27.1. The van der Waals surface area contributed by atoms with Gasteiger partial charge in [0.1, 0.15) is 0 Å². The number of thiocarbonyl (C=S) groups is 1. The molecule has 1 amide bonds. The van der Waals surface area contributed by atoms with Crippen molar-refractivity contribution in [3.8, 4) is 11.5 Å². The lowest BCUT2D eigenvalue weighted by atomic mass is 10.1. The molecule has 11 nitrogen and oxygen atoms in total. The monoisotopic (exact) mass is 420 g/mol. The second-order valence-electron chi connectivity index (χ2n) is 5.42. The smallest absolute Gasteiger partial charge is 0.312 e. The first-order valence-electron chi connectivity index (χ1n) is 8.12. The number of nitro benzene ring substituents is 2. The van der Waals surface area contributed by atoms with E-state index in [-0.39, 0.29) is 45.8 Å². The summed E-state index contributed by atoms with van der Waals surface area (Å²) in [5.74, 6) is -0.589. The fourth-order valence-electron chi connectivity index (χ4n) is 2.33. The first-order chi connectivity index (χ1) is 13.8. The standard InChI is InChI=1S/C17H16N4O7S/c1-3-28-15-6-4-10(8-12(15)20(23)24)16(22)19-17(29)18-11-5-7-14(27-2)13(9-11)21(25)26/h4-9H,3H2,1-2H3,(H2,18,19,22,29). The molecule has 29 heavy (non-hydrogen) atoms. The minimum Gasteiger partial charge on any atom is -0.490 e. The molecule has 0 atom stereocenters. The van der Waals surface area contributed by atoms with Crippen LogP contribution in [0.25, 0.3) is 0 Å². The van der Waals surface area contributed by atoms with Gasteiger partial charge in [0.2, 0.25) is 0 Å². The molecule has 152 valence electrons. The van der Waals surface area contributed by atoms with E-state index in [1.165, 1.54) is 37.4 Å². The SMILES string of the molecule is CCOc1ccc(C(=O)NC(=S)Nc2ccc(OC)c([N+](=O)[O-])c2)cc1[N+](=O)[O-]. The molecule has 0 saturated carbocycles. The van der Waals surface area contributed by atoms with Gasteiger partial charge < -0.3 is 14.8 Å². The van der Waals surface area contributed by atoms with Crippen molar-refractivity contribution in [3.63, 3.8) is 0 Å². The average molecular weight is 420 g/mol. The number of hydrogen-bond donors (Lipinski definition) is 2. The Hall–Kier alpha value is -3.80. The van der Waals surface area contributed by atoms with E-state index < -0.39 is 15.8 Å². The lowest BCUT2D eigenvalue weighted by molar-refractivity contribution is -0.386. The molecule has 0 aromatic heterocycles. The Morgan fingerprint density at radius 1 is 1.07 bits per heavy atom. The van der Waals surface area contributed by atoms with E-state index in [1.807, 2.05) is 0 Å². The number of hydrogen-bond acceptors (Lipinski definition) is 8. The van der Waals surface area contributed by atoms with E-state index in [2.05, 4.69) is 10.6 Å². The summed E-state index contributed by atoms with van der Waals surface area (Å²) in [4.78, 5) is 33.3. The zero-order valence-electron chi connectivity index (χ0n) is 15.3. The molecule has 0 radical (unpaired) electrons. The van der Waals surface area contributed by atoms with Crippen molar-refractivity contribution in [2.24, 2.45) is 0 Å². The van der Waals surface area contributed by atoms with Crippen molar-refractivity contribution in [1.29, 1.82) is 0 Å². The number of nitrogens with zero attached hydrogens (tertiary/aromatic N) is 2. The third-order valence-electron chi connectivity index (χ3n) is 3.58. The molecular formula is C17H16N4O7S. The van der Waals surface area contributed by atoms with Crippen molar-refractivity contribution in [2.45, 2.75) is 6.92 Å². The number of nitrogens with one attached hydrogen (secondary N) is 2. The molecule has 0 aliphatic rings. The highest BCUT2D eigenvalue weighted by Gasteiger charge is 2.20. The topological polar surface area (TPSA) is 146 Å². The summed E-state index contributed by atoms with van der Waals surface area (Å²) in [6.45, 7) is 1.91. The summed E-state index contributed by atoms with van der Waals surface area (Å²) < 4.78 is 10.1. The Bertz CT molecular complexity index is 980. The Kier molecular flexibility index (Phi) is 6.98. The first kappa shape index (κ1) is 21.5. The molecule has 2 aromatic rings. The molecule has 12 heteroatoms. The number of ether oxygens (including phenoxy) is 2. The molecule has 0 heterocycles. The summed E-state index contributed by atoms with van der Waals surface area (Å²) >= 11 is 5.03. The number of rotatable bonds is 7. The molecule has 0 unspecified atom stereocenters. The van der Waals surface area contributed by atoms with Gasteiger partial charge in [-0.25, -0.2) is 0 Å². The van der Waals surface area contributed by atoms with E-state index >= 15 is 0 Å². The molecule has 0 aliphatic carbocycles. The van der Waals surface area contributed by atoms with Gasteiger partial charge in [0, 0.05) is 23.4 Å². The average Bonchev–Trinajstić information content (AvgIpc) is 2.68. The number of amides is 1. The number of carbonyl (C=O) groups is 1. The summed E-state index contributed by atoms with van der Waals surface area (Å²) in [6, 6.07) is 7.79. The van der Waals surface area contributed by atoms with E-state index in [0.717, 1.165) is 6.07 Å². The number of methoxy groups -OCH3 is 1. The molecule has 2 rings (SSSR count). The summed E-state index contributed by atoms with van der Waals surface area (Å²) in [6.07, 6.45) is 0. The van der Waals surface area contributed by atoms with Crippen molar-refractivity contribution >= 4 is 40.3 Å². The van der Waals surface area contributed by atoms with Crippen LogP contribution in [0.15, 0.2) is 36.4 Å². The van der Waals surface area contributed by atoms with Crippen LogP contribution in [-0.4, -0.2) is 34.6 Å². The third-order valence-corrected chi connectivity index (χ3v) is 3.78. The Morgan fingerprint density at radius 3 is 2.28 bits per heavy atom. The molecule has 0 spiro atoms. The van der Waals surface area contributed by atoms with Gasteiger partial charge in [-0.2, -0.15) is 0 Å². The van der Waals surface area contributed by atoms with E-state index in [9.17, 15) is 25.0 Å². The highest BCUT2D eigenvalue weighted by atomic mass is 32.1. The van der Waals surface area contributed by atoms with Gasteiger partial charge in [-0.3, -0.25) is 30.3 Å². The van der Waals surface area contributed by atoms with Gasteiger partial charge in [0.05, 0.1) is 23.6 Å². The maximum absolute atomic E-state index is 12.3. The van der Waals surface area contributed by atoms with Crippen LogP contribution in [0.5, 0.6) is 11.5 Å². The van der Waals surface area contributed by atoms with Gasteiger partial charge in [-0.15, -0.1) is 0 Å². The molecule has 2 N–H and O–H groups in total. The van der Waals surface area contributed by atoms with Gasteiger partial charge in [0.15, 0.2) is 16.6 Å². The zero-order chi connectivity index (χ0) is 21.6. The van der Waals surface area contributed by atoms with Gasteiger partial charge in [-0.1, -0.05) is 0 Å². The highest BCUT2D eigenvalue weighted by Crippen LogP contribution is 2.30. The van der Waals surface area contributed by atoms with Crippen LogP contribution < -0.4 is 20.1 Å². The van der Waals surface area contributed by atoms with Crippen LogP contribution in [-0.2, 0) is 0 Å². The van der Waals surface area contributed by atoms with E-state index in [1.54, 1.807) is 6.92 Å². The van der Waals surface area contributed by atoms with Crippen molar-refractivity contribution < 1.29 is 24.1 Å². The Labute approximate surface area is 169 Å². The normalized spacial score (nSPS) is 10.0. The van der Waals surface area contributed by atoms with Crippen LogP contribution in [0.2, 0.25) is 0 Å². The number of nitro groups is 2. The van der Waals surface area contributed by atoms with Crippen LogP contribution >= 0.6 is 12.2 Å². The van der Waals surface area contributed by atoms with Gasteiger partial charge in [-0.05, 0) is 43.4 Å². The van der Waals surface area contributed by atoms with Crippen LogP contribution in [0.1, 0.15) is 17.3 Å². The minimum atomic E-state index is -0.698. The third kappa shape index (κ3) is 5.35. The molecule has 0 fully saturated rings. The lowest BCUT2D eigenvalue weighted by Gasteiger charge is -2.11. The molecular weight excluding hydrogens is 404 g/mol. The lowest BCUT2D eigenvalue weighted by Crippen LogP contribution is -2.34. The number of anilines is 1. The van der Waals surface area contributed by atoms with Crippen LogP contribution in [0.3, 0.4) is 0 Å². The number of benzene rings is 2. The van der Waals surface area contributed by atoms with E-state index in [4.69, 9.17) is 21.7 Å². The summed E-state index contributed by atoms with van der Waals surface area (Å²) in [5.41, 5.74) is -0.400. The van der Waals surface area contributed by atoms with Crippen molar-refractivity contribution in [2.75, 3.05) is 19.0 Å². The van der Waals surface area contributed by atoms with Crippen molar-refractivity contribution in [3.05, 3.63) is 62.2 Å². The summed E-state index contributed by atoms with van der Waals surface area (Å²) in [7, 11) is 1.30. The Balaban J connectivity index is 2.14. The molecule has 0 aliphatic heterocycles. The van der Waals surface area contributed by atoms with E-state index in [0.29, 0.717) is 0 Å². The second-order valence-corrected chi connectivity index (χ2v) is 5.83. The van der Waals surface area contributed by atoms with Crippen LogP contribution in [0.4, 0.5) is 17.1 Å². The highest BCUT2D eigenvalue weighted by molar-refractivity contribution is 7.80. The predicted molar refractivity (Wildman–Crippen MR) is 108 cm³/mol. The fourth-order valence-corrected chi connectivity index (χ4v) is 2.54. The number of carbonyl (C=O) groups excluding carboxylic acids is 1. The van der Waals surface area contributed by atoms with Crippen molar-refractivity contribution in [1.82, 2.24) is 5.32 Å². The molecule has 0 bridgehead atoms. The maximum Gasteiger partial charge on any atom is 0.312 e. The van der Waals surface area contributed by atoms with Crippen LogP contribution in [0, 0.1) is 20.2 Å². The maximum atomic E-state index is 12.3. The molecule has 0 saturated heterocycles. The first-order valence-corrected chi connectivity index (χ1v) is 8.53. The van der Waals surface area contributed by atoms with Gasteiger partial charge >= 0.3 is 11.4 Å². The van der Waals surface area contributed by atoms with Gasteiger partial charge in [0.25, 0.3) is 5.91 Å². The fraction of sp³-hybridized carbons (Fsp3) is 0.176. The predicted octanol–water partition coefficient (Wildman–Crippen LogP) is 3.04. The Morgan fingerprint density at radius 2 is 1.69 bits per heavy atom. The quantitative estimate of drug-likeness (QED) is 0.392. The second kappa shape index (κ2) is 9.41. The zero-order valence-corrected chi connectivity index (χ0v) is 16.1. The minimum absolute atomic E-state index is 0.00925. The molecule has 2 aromatic carbocycles.